The largest absolute Gasteiger partial charge is 0.475 e. The van der Waals surface area contributed by atoms with Crippen LogP contribution >= 0.6 is 11.6 Å². The van der Waals surface area contributed by atoms with Gasteiger partial charge in [0.2, 0.25) is 11.8 Å². The van der Waals surface area contributed by atoms with Gasteiger partial charge < -0.3 is 20.1 Å². The Morgan fingerprint density at radius 1 is 1.12 bits per heavy atom. The van der Waals surface area contributed by atoms with Crippen molar-refractivity contribution >= 4 is 23.4 Å². The molecule has 0 radical (unpaired) electrons. The zero-order valence-electron chi connectivity index (χ0n) is 14.3. The number of nitrogens with one attached hydrogen (secondary N) is 2. The lowest BCUT2D eigenvalue weighted by molar-refractivity contribution is -0.120. The Bertz CT molecular complexity index is 737. The first-order valence-corrected chi connectivity index (χ1v) is 8.34. The number of hydrogen-bond donors (Lipinski definition) is 2. The molecule has 2 N–H and O–H groups in total. The van der Waals surface area contributed by atoms with Crippen molar-refractivity contribution in [2.75, 3.05) is 26.9 Å². The van der Waals surface area contributed by atoms with Crippen LogP contribution < -0.4 is 15.4 Å². The van der Waals surface area contributed by atoms with E-state index in [1.54, 1.807) is 49.7 Å². The molecule has 2 aromatic rings. The molecule has 0 atom stereocenters. The average molecular weight is 378 g/mol. The highest BCUT2D eigenvalue weighted by Crippen LogP contribution is 2.14. The second-order valence-electron chi connectivity index (χ2n) is 5.29. The molecule has 0 aliphatic carbocycles. The summed E-state index contributed by atoms with van der Waals surface area (Å²) in [7, 11) is 1.60. The number of aromatic nitrogens is 1. The number of ether oxygens (including phenoxy) is 2. The molecule has 26 heavy (non-hydrogen) atoms. The molecule has 1 heterocycles. The molecule has 2 amide bonds. The van der Waals surface area contributed by atoms with Crippen molar-refractivity contribution in [1.82, 2.24) is 15.6 Å². The van der Waals surface area contributed by atoms with Crippen molar-refractivity contribution < 1.29 is 19.1 Å². The Morgan fingerprint density at radius 3 is 2.62 bits per heavy atom. The summed E-state index contributed by atoms with van der Waals surface area (Å²) >= 11 is 5.94. The van der Waals surface area contributed by atoms with Crippen molar-refractivity contribution in [3.05, 3.63) is 58.7 Å². The van der Waals surface area contributed by atoms with Crippen LogP contribution in [0.3, 0.4) is 0 Å². The molecular formula is C18H20ClN3O4. The van der Waals surface area contributed by atoms with Crippen LogP contribution in [0.15, 0.2) is 42.6 Å². The van der Waals surface area contributed by atoms with Gasteiger partial charge >= 0.3 is 0 Å². The molecular weight excluding hydrogens is 358 g/mol. The van der Waals surface area contributed by atoms with Crippen LogP contribution in [0.4, 0.5) is 0 Å². The van der Waals surface area contributed by atoms with Crippen LogP contribution in [0.2, 0.25) is 5.02 Å². The zero-order valence-corrected chi connectivity index (χ0v) is 15.1. The zero-order chi connectivity index (χ0) is 18.8. The Morgan fingerprint density at radius 2 is 1.92 bits per heavy atom. The highest BCUT2D eigenvalue weighted by Gasteiger charge is 2.10. The van der Waals surface area contributed by atoms with Crippen molar-refractivity contribution in [1.29, 1.82) is 0 Å². The molecule has 0 aliphatic heterocycles. The molecule has 0 bridgehead atoms. The number of halogens is 1. The summed E-state index contributed by atoms with van der Waals surface area (Å²) in [6.07, 6.45) is 1.62. The predicted octanol–water partition coefficient (Wildman–Crippen LogP) is 1.81. The smallest absolute Gasteiger partial charge is 0.253 e. The monoisotopic (exact) mass is 377 g/mol. The van der Waals surface area contributed by atoms with Crippen molar-refractivity contribution in [2.45, 2.75) is 6.54 Å². The Hall–Kier alpha value is -2.64. The number of methoxy groups -OCH3 is 1. The lowest BCUT2D eigenvalue weighted by Crippen LogP contribution is -2.36. The van der Waals surface area contributed by atoms with Crippen LogP contribution in [0.25, 0.3) is 0 Å². The maximum Gasteiger partial charge on any atom is 0.253 e. The van der Waals surface area contributed by atoms with Gasteiger partial charge in [-0.1, -0.05) is 29.8 Å². The van der Waals surface area contributed by atoms with E-state index in [0.29, 0.717) is 36.2 Å². The summed E-state index contributed by atoms with van der Waals surface area (Å²) in [4.78, 5) is 28.0. The van der Waals surface area contributed by atoms with Gasteiger partial charge in [-0.25, -0.2) is 4.98 Å². The van der Waals surface area contributed by atoms with Gasteiger partial charge in [0, 0.05) is 25.9 Å². The first-order chi connectivity index (χ1) is 12.6. The normalized spacial score (nSPS) is 10.2. The number of amides is 2. The highest BCUT2D eigenvalue weighted by atomic mass is 35.5. The van der Waals surface area contributed by atoms with Crippen LogP contribution in [-0.4, -0.2) is 43.7 Å². The Labute approximate surface area is 156 Å². The minimum absolute atomic E-state index is 0.143. The number of carbonyl (C=O) groups excluding carboxylic acids is 2. The first-order valence-electron chi connectivity index (χ1n) is 7.96. The molecule has 138 valence electrons. The molecule has 8 heteroatoms. The van der Waals surface area contributed by atoms with Crippen molar-refractivity contribution in [3.8, 4) is 5.88 Å². The van der Waals surface area contributed by atoms with Gasteiger partial charge in [-0.2, -0.15) is 0 Å². The summed E-state index contributed by atoms with van der Waals surface area (Å²) in [6.45, 7) is 1.06. The number of carbonyl (C=O) groups is 2. The van der Waals surface area contributed by atoms with Gasteiger partial charge in [0.1, 0.15) is 6.61 Å². The minimum Gasteiger partial charge on any atom is -0.475 e. The third-order valence-electron chi connectivity index (χ3n) is 3.35. The third kappa shape index (κ3) is 6.34. The standard InChI is InChI=1S/C18H20ClN3O4/c1-25-8-9-26-17-7-6-13(11-21-17)10-20-16(23)12-22-18(24)14-4-2-3-5-15(14)19/h2-7,11H,8-10,12H2,1H3,(H,20,23)(H,22,24). The SMILES string of the molecule is COCCOc1ccc(CNC(=O)CNC(=O)c2ccccc2Cl)cn1. The average Bonchev–Trinajstić information content (AvgIpc) is 2.66. The van der Waals surface area contributed by atoms with Crippen LogP contribution in [-0.2, 0) is 16.1 Å². The van der Waals surface area contributed by atoms with Crippen molar-refractivity contribution in [2.24, 2.45) is 0 Å². The molecule has 0 saturated carbocycles. The van der Waals surface area contributed by atoms with Gasteiger partial charge in [-0.15, -0.1) is 0 Å². The molecule has 1 aromatic heterocycles. The Balaban J connectivity index is 1.73. The van der Waals surface area contributed by atoms with Crippen LogP contribution in [0, 0.1) is 0 Å². The Kier molecular flexibility index (Phi) is 7.85. The fourth-order valence-corrected chi connectivity index (χ4v) is 2.22. The van der Waals surface area contributed by atoms with E-state index in [1.165, 1.54) is 0 Å². The van der Waals surface area contributed by atoms with E-state index in [-0.39, 0.29) is 12.5 Å². The number of nitrogens with zero attached hydrogens (tertiary/aromatic N) is 1. The van der Waals surface area contributed by atoms with E-state index >= 15 is 0 Å². The third-order valence-corrected chi connectivity index (χ3v) is 3.68. The fraction of sp³-hybridized carbons (Fsp3) is 0.278. The molecule has 7 nitrogen and oxygen atoms in total. The molecule has 0 unspecified atom stereocenters. The number of rotatable bonds is 9. The lowest BCUT2D eigenvalue weighted by Gasteiger charge is -2.08. The van der Waals surface area contributed by atoms with E-state index in [2.05, 4.69) is 15.6 Å². The van der Waals surface area contributed by atoms with E-state index in [0.717, 1.165) is 5.56 Å². The number of benzene rings is 1. The molecule has 0 aliphatic rings. The number of pyridine rings is 1. The minimum atomic E-state index is -0.398. The predicted molar refractivity (Wildman–Crippen MR) is 97.2 cm³/mol. The quantitative estimate of drug-likeness (QED) is 0.650. The molecule has 0 fully saturated rings. The van der Waals surface area contributed by atoms with E-state index < -0.39 is 5.91 Å². The van der Waals surface area contributed by atoms with Crippen LogP contribution in [0.1, 0.15) is 15.9 Å². The topological polar surface area (TPSA) is 89.5 Å². The first kappa shape index (κ1) is 19.7. The van der Waals surface area contributed by atoms with Gasteiger partial charge in [-0.3, -0.25) is 9.59 Å². The number of hydrogen-bond acceptors (Lipinski definition) is 5. The van der Waals surface area contributed by atoms with Gasteiger partial charge in [0.25, 0.3) is 5.91 Å². The highest BCUT2D eigenvalue weighted by molar-refractivity contribution is 6.33. The lowest BCUT2D eigenvalue weighted by atomic mass is 10.2. The maximum atomic E-state index is 12.0. The molecule has 2 rings (SSSR count). The second kappa shape index (κ2) is 10.4. The van der Waals surface area contributed by atoms with E-state index in [1.807, 2.05) is 0 Å². The molecule has 0 spiro atoms. The summed E-state index contributed by atoms with van der Waals surface area (Å²) in [6, 6.07) is 10.2. The van der Waals surface area contributed by atoms with Gasteiger partial charge in [0.05, 0.1) is 23.7 Å². The van der Waals surface area contributed by atoms with E-state index in [4.69, 9.17) is 21.1 Å². The van der Waals surface area contributed by atoms with Gasteiger partial charge in [-0.05, 0) is 17.7 Å². The maximum absolute atomic E-state index is 12.0. The summed E-state index contributed by atoms with van der Waals surface area (Å²) in [5, 5.41) is 5.57. The summed E-state index contributed by atoms with van der Waals surface area (Å²) < 4.78 is 10.3. The second-order valence-corrected chi connectivity index (χ2v) is 5.69. The van der Waals surface area contributed by atoms with E-state index in [9.17, 15) is 9.59 Å². The summed E-state index contributed by atoms with van der Waals surface area (Å²) in [5.41, 5.74) is 1.14. The van der Waals surface area contributed by atoms with Crippen molar-refractivity contribution in [3.63, 3.8) is 0 Å². The summed E-state index contributed by atoms with van der Waals surface area (Å²) in [5.74, 6) is -0.222. The molecule has 1 aromatic carbocycles. The van der Waals surface area contributed by atoms with Crippen LogP contribution in [0.5, 0.6) is 5.88 Å². The molecule has 0 saturated heterocycles. The van der Waals surface area contributed by atoms with Gasteiger partial charge in [0.15, 0.2) is 0 Å². The fourth-order valence-electron chi connectivity index (χ4n) is 1.99.